The van der Waals surface area contributed by atoms with E-state index in [-0.39, 0.29) is 37.4 Å². The van der Waals surface area contributed by atoms with Gasteiger partial charge in [-0.25, -0.2) is 0 Å². The highest BCUT2D eigenvalue weighted by Crippen LogP contribution is 1.92. The number of carbonyl (C=O) groups excluding carboxylic acids is 4. The highest BCUT2D eigenvalue weighted by Gasteiger charge is 2.18. The van der Waals surface area contributed by atoms with Gasteiger partial charge in [-0.2, -0.15) is 0 Å². The summed E-state index contributed by atoms with van der Waals surface area (Å²) in [4.78, 5) is 48.9. The number of hydrogen-bond donors (Lipinski definition) is 1. The number of likely N-dealkylation sites (N-methyl/N-ethyl adjacent to an activating group) is 4. The minimum atomic E-state index is -0.348. The fourth-order valence-corrected chi connectivity index (χ4v) is 1.34. The van der Waals surface area contributed by atoms with Crippen molar-refractivity contribution in [2.75, 3.05) is 47.3 Å². The van der Waals surface area contributed by atoms with E-state index in [4.69, 9.17) is 0 Å². The molecule has 0 aliphatic rings. The molecule has 0 aromatic carbocycles. The summed E-state index contributed by atoms with van der Waals surface area (Å²) < 4.78 is 0. The molecule has 0 radical (unpaired) electrons. The van der Waals surface area contributed by atoms with Crippen LogP contribution in [0.1, 0.15) is 6.92 Å². The highest BCUT2D eigenvalue weighted by molar-refractivity contribution is 5.88. The van der Waals surface area contributed by atoms with Gasteiger partial charge in [0, 0.05) is 27.7 Å². The first-order chi connectivity index (χ1) is 9.31. The molecule has 8 nitrogen and oxygen atoms in total. The molecule has 114 valence electrons. The zero-order chi connectivity index (χ0) is 15.7. The minimum Gasteiger partial charge on any atom is -0.355 e. The van der Waals surface area contributed by atoms with E-state index in [1.54, 1.807) is 6.92 Å². The van der Waals surface area contributed by atoms with Crippen molar-refractivity contribution in [1.29, 1.82) is 0 Å². The molecule has 4 amide bonds. The Morgan fingerprint density at radius 1 is 0.950 bits per heavy atom. The van der Waals surface area contributed by atoms with Crippen molar-refractivity contribution in [3.63, 3.8) is 0 Å². The average Bonchev–Trinajstić information content (AvgIpc) is 2.38. The lowest BCUT2D eigenvalue weighted by Crippen LogP contribution is -2.45. The first kappa shape index (κ1) is 17.9. The van der Waals surface area contributed by atoms with Crippen molar-refractivity contribution in [1.82, 2.24) is 20.0 Å². The fourth-order valence-electron chi connectivity index (χ4n) is 1.34. The van der Waals surface area contributed by atoms with Gasteiger partial charge in [0.25, 0.3) is 0 Å². The van der Waals surface area contributed by atoms with Gasteiger partial charge in [-0.05, 0) is 6.92 Å². The van der Waals surface area contributed by atoms with Crippen molar-refractivity contribution >= 4 is 24.1 Å². The summed E-state index contributed by atoms with van der Waals surface area (Å²) in [5.74, 6) is -0.946. The Balaban J connectivity index is 4.27. The van der Waals surface area contributed by atoms with Gasteiger partial charge < -0.3 is 20.0 Å². The number of rotatable bonds is 8. The van der Waals surface area contributed by atoms with Crippen LogP contribution < -0.4 is 5.32 Å². The average molecular weight is 286 g/mol. The van der Waals surface area contributed by atoms with Crippen molar-refractivity contribution < 1.29 is 19.2 Å². The normalized spacial score (nSPS) is 9.60. The van der Waals surface area contributed by atoms with E-state index < -0.39 is 0 Å². The minimum absolute atomic E-state index is 0.0526. The van der Waals surface area contributed by atoms with Crippen LogP contribution in [0.2, 0.25) is 0 Å². The van der Waals surface area contributed by atoms with Crippen molar-refractivity contribution in [2.45, 2.75) is 6.92 Å². The van der Waals surface area contributed by atoms with Gasteiger partial charge >= 0.3 is 0 Å². The van der Waals surface area contributed by atoms with Gasteiger partial charge in [-0.15, -0.1) is 0 Å². The molecule has 0 fully saturated rings. The molecule has 0 heterocycles. The summed E-state index contributed by atoms with van der Waals surface area (Å²) in [5.41, 5.74) is 0. The summed E-state index contributed by atoms with van der Waals surface area (Å²) >= 11 is 0. The largest absolute Gasteiger partial charge is 0.355 e. The van der Waals surface area contributed by atoms with Crippen LogP contribution >= 0.6 is 0 Å². The molecule has 8 heteroatoms. The van der Waals surface area contributed by atoms with Crippen molar-refractivity contribution in [3.8, 4) is 0 Å². The van der Waals surface area contributed by atoms with Crippen molar-refractivity contribution in [3.05, 3.63) is 0 Å². The number of nitrogens with one attached hydrogen (secondary N) is 1. The molecule has 0 saturated carbocycles. The zero-order valence-corrected chi connectivity index (χ0v) is 12.4. The summed E-state index contributed by atoms with van der Waals surface area (Å²) in [6.07, 6.45) is 0.536. The standard InChI is InChI=1S/C12H22N4O4/c1-5-13-10(18)6-15(3)12(20)8-16(4)11(19)7-14(2)9-17/h9H,5-8H2,1-4H3,(H,13,18). The topological polar surface area (TPSA) is 90.0 Å². The van der Waals surface area contributed by atoms with Crippen LogP contribution in [0, 0.1) is 0 Å². The van der Waals surface area contributed by atoms with E-state index in [1.807, 2.05) is 0 Å². The number of hydrogen-bond acceptors (Lipinski definition) is 4. The quantitative estimate of drug-likeness (QED) is 0.529. The van der Waals surface area contributed by atoms with Gasteiger partial charge in [-0.1, -0.05) is 0 Å². The van der Waals surface area contributed by atoms with E-state index in [1.165, 1.54) is 35.8 Å². The van der Waals surface area contributed by atoms with E-state index in [0.717, 1.165) is 0 Å². The molecule has 0 rings (SSSR count). The molecular weight excluding hydrogens is 264 g/mol. The second-order valence-electron chi connectivity index (χ2n) is 4.47. The Morgan fingerprint density at radius 3 is 1.95 bits per heavy atom. The summed E-state index contributed by atoms with van der Waals surface area (Å²) in [7, 11) is 4.44. The Kier molecular flexibility index (Phi) is 7.95. The highest BCUT2D eigenvalue weighted by atomic mass is 16.2. The van der Waals surface area contributed by atoms with Gasteiger partial charge in [0.1, 0.15) is 0 Å². The second-order valence-corrected chi connectivity index (χ2v) is 4.47. The first-order valence-corrected chi connectivity index (χ1v) is 6.22. The van der Waals surface area contributed by atoms with Crippen molar-refractivity contribution in [2.24, 2.45) is 0 Å². The zero-order valence-electron chi connectivity index (χ0n) is 12.4. The Morgan fingerprint density at radius 2 is 1.45 bits per heavy atom. The third-order valence-corrected chi connectivity index (χ3v) is 2.54. The maximum absolute atomic E-state index is 11.8. The predicted octanol–water partition coefficient (Wildman–Crippen LogP) is -1.87. The first-order valence-electron chi connectivity index (χ1n) is 6.22. The summed E-state index contributed by atoms with van der Waals surface area (Å²) in [6.45, 7) is 2.00. The molecular formula is C12H22N4O4. The molecule has 1 N–H and O–H groups in total. The van der Waals surface area contributed by atoms with Crippen LogP contribution in [0.15, 0.2) is 0 Å². The summed E-state index contributed by atoms with van der Waals surface area (Å²) in [6, 6.07) is 0. The van der Waals surface area contributed by atoms with Crippen LogP contribution in [-0.4, -0.2) is 86.2 Å². The summed E-state index contributed by atoms with van der Waals surface area (Å²) in [5, 5.41) is 2.58. The Bertz CT molecular complexity index is 372. The molecule has 0 spiro atoms. The third-order valence-electron chi connectivity index (χ3n) is 2.54. The van der Waals surface area contributed by atoms with Gasteiger partial charge in [0.2, 0.25) is 24.1 Å². The number of nitrogens with zero attached hydrogens (tertiary/aromatic N) is 3. The molecule has 0 aliphatic heterocycles. The molecule has 0 saturated heterocycles. The number of amides is 4. The fraction of sp³-hybridized carbons (Fsp3) is 0.667. The lowest BCUT2D eigenvalue weighted by Gasteiger charge is -2.22. The molecule has 0 aliphatic carbocycles. The molecule has 0 atom stereocenters. The van der Waals surface area contributed by atoms with E-state index in [0.29, 0.717) is 13.0 Å². The van der Waals surface area contributed by atoms with Gasteiger partial charge in [0.15, 0.2) is 0 Å². The molecule has 0 aromatic heterocycles. The molecule has 0 bridgehead atoms. The Labute approximate surface area is 118 Å². The lowest BCUT2D eigenvalue weighted by atomic mass is 10.4. The maximum atomic E-state index is 11.8. The van der Waals surface area contributed by atoms with Crippen LogP contribution in [0.25, 0.3) is 0 Å². The predicted molar refractivity (Wildman–Crippen MR) is 72.7 cm³/mol. The third kappa shape index (κ3) is 6.72. The van der Waals surface area contributed by atoms with Crippen LogP contribution in [0.4, 0.5) is 0 Å². The monoisotopic (exact) mass is 286 g/mol. The maximum Gasteiger partial charge on any atom is 0.242 e. The lowest BCUT2D eigenvalue weighted by molar-refractivity contribution is -0.141. The van der Waals surface area contributed by atoms with E-state index in [2.05, 4.69) is 5.32 Å². The number of carbonyl (C=O) groups is 4. The molecule has 20 heavy (non-hydrogen) atoms. The molecule has 0 unspecified atom stereocenters. The van der Waals surface area contributed by atoms with Crippen LogP contribution in [0.3, 0.4) is 0 Å². The van der Waals surface area contributed by atoms with E-state index in [9.17, 15) is 19.2 Å². The molecule has 0 aromatic rings. The SMILES string of the molecule is CCNC(=O)CN(C)C(=O)CN(C)C(=O)CN(C)C=O. The smallest absolute Gasteiger partial charge is 0.242 e. The van der Waals surface area contributed by atoms with E-state index >= 15 is 0 Å². The van der Waals surface area contributed by atoms with Crippen LogP contribution in [-0.2, 0) is 19.2 Å². The van der Waals surface area contributed by atoms with Gasteiger partial charge in [-0.3, -0.25) is 19.2 Å². The Hall–Kier alpha value is -2.12. The van der Waals surface area contributed by atoms with Crippen LogP contribution in [0.5, 0.6) is 0 Å². The second kappa shape index (κ2) is 8.89. The van der Waals surface area contributed by atoms with Gasteiger partial charge in [0.05, 0.1) is 19.6 Å².